The molecule has 4 aromatic rings. The number of hydrogen-bond donors (Lipinski definition) is 1. The Labute approximate surface area is 195 Å². The lowest BCUT2D eigenvalue weighted by Crippen LogP contribution is -2.32. The molecule has 0 aliphatic rings. The van der Waals surface area contributed by atoms with Gasteiger partial charge in [-0.2, -0.15) is 5.10 Å². The third kappa shape index (κ3) is 4.87. The first-order chi connectivity index (χ1) is 15.6. The molecule has 0 spiro atoms. The van der Waals surface area contributed by atoms with Gasteiger partial charge in [0.15, 0.2) is 16.6 Å². The zero-order valence-electron chi connectivity index (χ0n) is 17.4. The number of nitrogens with zero attached hydrogens (tertiary/aromatic N) is 5. The molecule has 2 aromatic carbocycles. The summed E-state index contributed by atoms with van der Waals surface area (Å²) in [7, 11) is 0. The van der Waals surface area contributed by atoms with Gasteiger partial charge in [0.2, 0.25) is 0 Å². The maximum atomic E-state index is 12.1. The Morgan fingerprint density at radius 2 is 1.81 bits per heavy atom. The van der Waals surface area contributed by atoms with Crippen molar-refractivity contribution in [3.63, 3.8) is 0 Å². The number of thioether (sulfide) groups is 1. The van der Waals surface area contributed by atoms with Gasteiger partial charge in [-0.15, -0.1) is 11.6 Å². The van der Waals surface area contributed by atoms with E-state index in [1.165, 1.54) is 16.7 Å². The van der Waals surface area contributed by atoms with Crippen LogP contribution in [0.1, 0.15) is 16.5 Å². The highest BCUT2D eigenvalue weighted by Crippen LogP contribution is 2.29. The number of anilines is 1. The van der Waals surface area contributed by atoms with Crippen molar-refractivity contribution in [3.8, 4) is 0 Å². The van der Waals surface area contributed by atoms with Gasteiger partial charge < -0.3 is 5.11 Å². The Bertz CT molecular complexity index is 1200. The largest absolute Gasteiger partial charge is 0.465 e. The highest BCUT2D eigenvalue weighted by atomic mass is 35.5. The molecule has 164 valence electrons. The van der Waals surface area contributed by atoms with Gasteiger partial charge in [0, 0.05) is 6.54 Å². The van der Waals surface area contributed by atoms with Crippen LogP contribution in [-0.2, 0) is 13.0 Å². The fraction of sp³-hybridized carbons (Fsp3) is 0.217. The van der Waals surface area contributed by atoms with E-state index >= 15 is 0 Å². The quantitative estimate of drug-likeness (QED) is 0.216. The number of aromatic nitrogens is 4. The number of halogens is 1. The molecule has 32 heavy (non-hydrogen) atoms. The van der Waals surface area contributed by atoms with Crippen LogP contribution in [0, 0.1) is 0 Å². The summed E-state index contributed by atoms with van der Waals surface area (Å²) in [6, 6.07) is 19.5. The van der Waals surface area contributed by atoms with E-state index in [1.807, 2.05) is 66.9 Å². The fourth-order valence-corrected chi connectivity index (χ4v) is 4.08. The summed E-state index contributed by atoms with van der Waals surface area (Å²) in [5.74, 6) is 0.333. The number of fused-ring (bicyclic) bond motifs is 1. The van der Waals surface area contributed by atoms with Crippen molar-refractivity contribution in [1.29, 1.82) is 0 Å². The van der Waals surface area contributed by atoms with Crippen LogP contribution < -0.4 is 4.90 Å². The van der Waals surface area contributed by atoms with Crippen LogP contribution in [0.15, 0.2) is 72.0 Å². The van der Waals surface area contributed by atoms with E-state index in [2.05, 4.69) is 15.1 Å². The molecule has 1 atom stereocenters. The third-order valence-corrected chi connectivity index (χ3v) is 6.02. The molecule has 2 aromatic heterocycles. The van der Waals surface area contributed by atoms with E-state index in [4.69, 9.17) is 11.6 Å². The molecular formula is C23H22ClN5O2S. The molecule has 0 bridgehead atoms. The molecule has 1 amide bonds. The Morgan fingerprint density at radius 3 is 2.47 bits per heavy atom. The minimum Gasteiger partial charge on any atom is -0.465 e. The van der Waals surface area contributed by atoms with E-state index in [9.17, 15) is 9.90 Å². The number of alkyl halides is 1. The topological polar surface area (TPSA) is 84.1 Å². The van der Waals surface area contributed by atoms with Gasteiger partial charge in [-0.3, -0.25) is 4.90 Å². The van der Waals surface area contributed by atoms with E-state index in [-0.39, 0.29) is 11.9 Å². The highest BCUT2D eigenvalue weighted by Gasteiger charge is 2.23. The molecule has 0 aliphatic carbocycles. The molecule has 0 aliphatic heterocycles. The molecular weight excluding hydrogens is 446 g/mol. The first-order valence-electron chi connectivity index (χ1n) is 10.1. The molecule has 0 radical (unpaired) electrons. The summed E-state index contributed by atoms with van der Waals surface area (Å²) >= 11 is 7.98. The lowest BCUT2D eigenvalue weighted by Gasteiger charge is -2.19. The van der Waals surface area contributed by atoms with Crippen LogP contribution in [0.5, 0.6) is 0 Å². The average Bonchev–Trinajstić information content (AvgIpc) is 3.22. The molecule has 2 heterocycles. The number of rotatable bonds is 8. The van der Waals surface area contributed by atoms with Crippen LogP contribution in [-0.4, -0.2) is 43.7 Å². The summed E-state index contributed by atoms with van der Waals surface area (Å²) in [4.78, 5) is 22.5. The first-order valence-corrected chi connectivity index (χ1v) is 11.7. The number of carboxylic acid groups (broad SMARTS) is 1. The van der Waals surface area contributed by atoms with Crippen LogP contribution in [0.25, 0.3) is 11.0 Å². The zero-order chi connectivity index (χ0) is 22.5. The molecule has 1 unspecified atom stereocenters. The predicted octanol–water partition coefficient (Wildman–Crippen LogP) is 5.26. The Hall–Kier alpha value is -3.10. The van der Waals surface area contributed by atoms with Gasteiger partial charge in [0.1, 0.15) is 0 Å². The standard InChI is InChI=1S/C23H22ClN5O2S/c1-32-22-26-20(28(23(30)31)13-12-16-8-4-2-5-9-16)18-14-25-29(21(18)27-22)15-19(24)17-10-6-3-7-11-17/h2-11,14,19H,12-13,15H2,1H3,(H,30,31). The van der Waals surface area contributed by atoms with E-state index in [1.54, 1.807) is 10.9 Å². The first kappa shape index (κ1) is 22.1. The maximum Gasteiger partial charge on any atom is 0.413 e. The maximum absolute atomic E-state index is 12.1. The van der Waals surface area contributed by atoms with Crippen molar-refractivity contribution < 1.29 is 9.90 Å². The molecule has 0 saturated heterocycles. The van der Waals surface area contributed by atoms with Crippen molar-refractivity contribution >= 4 is 46.3 Å². The Kier molecular flexibility index (Phi) is 6.92. The van der Waals surface area contributed by atoms with Crippen LogP contribution in [0.2, 0.25) is 0 Å². The normalized spacial score (nSPS) is 12.1. The summed E-state index contributed by atoms with van der Waals surface area (Å²) in [5, 5.41) is 15.2. The summed E-state index contributed by atoms with van der Waals surface area (Å²) in [6.07, 6.45) is 2.97. The van der Waals surface area contributed by atoms with Gasteiger partial charge in [-0.05, 0) is 23.8 Å². The number of benzene rings is 2. The minimum absolute atomic E-state index is 0.270. The lowest BCUT2D eigenvalue weighted by molar-refractivity contribution is 0.201. The number of carbonyl (C=O) groups is 1. The van der Waals surface area contributed by atoms with Gasteiger partial charge in [-0.25, -0.2) is 19.4 Å². The van der Waals surface area contributed by atoms with Gasteiger partial charge in [0.05, 0.1) is 23.5 Å². The monoisotopic (exact) mass is 467 g/mol. The minimum atomic E-state index is -1.07. The summed E-state index contributed by atoms with van der Waals surface area (Å²) in [6.45, 7) is 0.670. The molecule has 1 N–H and O–H groups in total. The Balaban J connectivity index is 1.68. The number of hydrogen-bond acceptors (Lipinski definition) is 5. The van der Waals surface area contributed by atoms with Crippen LogP contribution in [0.4, 0.5) is 10.6 Å². The predicted molar refractivity (Wildman–Crippen MR) is 128 cm³/mol. The summed E-state index contributed by atoms with van der Waals surface area (Å²) in [5.41, 5.74) is 2.59. The fourth-order valence-electron chi connectivity index (χ4n) is 3.45. The van der Waals surface area contributed by atoms with Crippen molar-refractivity contribution in [2.24, 2.45) is 0 Å². The van der Waals surface area contributed by atoms with Gasteiger partial charge in [0.25, 0.3) is 0 Å². The lowest BCUT2D eigenvalue weighted by atomic mass is 10.1. The van der Waals surface area contributed by atoms with Crippen LogP contribution >= 0.6 is 23.4 Å². The van der Waals surface area contributed by atoms with E-state index < -0.39 is 6.09 Å². The van der Waals surface area contributed by atoms with E-state index in [0.717, 1.165) is 11.1 Å². The number of amides is 1. The molecule has 4 rings (SSSR count). The van der Waals surface area contributed by atoms with Gasteiger partial charge in [-0.1, -0.05) is 72.4 Å². The Morgan fingerprint density at radius 1 is 1.12 bits per heavy atom. The molecule has 0 saturated carbocycles. The van der Waals surface area contributed by atoms with Crippen molar-refractivity contribution in [2.45, 2.75) is 23.5 Å². The van der Waals surface area contributed by atoms with E-state index in [0.29, 0.717) is 35.0 Å². The molecule has 7 nitrogen and oxygen atoms in total. The second kappa shape index (κ2) is 10.0. The molecule has 9 heteroatoms. The summed E-state index contributed by atoms with van der Waals surface area (Å²) < 4.78 is 1.71. The smallest absolute Gasteiger partial charge is 0.413 e. The van der Waals surface area contributed by atoms with Crippen molar-refractivity contribution in [3.05, 3.63) is 78.0 Å². The van der Waals surface area contributed by atoms with Gasteiger partial charge >= 0.3 is 6.09 Å². The molecule has 0 fully saturated rings. The van der Waals surface area contributed by atoms with Crippen LogP contribution in [0.3, 0.4) is 0 Å². The third-order valence-electron chi connectivity index (χ3n) is 5.09. The SMILES string of the molecule is CSc1nc(N(CCc2ccccc2)C(=O)O)c2cnn(CC(Cl)c3ccccc3)c2n1. The van der Waals surface area contributed by atoms with Crippen molar-refractivity contribution in [1.82, 2.24) is 19.7 Å². The second-order valence-electron chi connectivity index (χ2n) is 7.15. The average molecular weight is 468 g/mol. The second-order valence-corrected chi connectivity index (χ2v) is 8.45. The zero-order valence-corrected chi connectivity index (χ0v) is 19.0. The van der Waals surface area contributed by atoms with Crippen molar-refractivity contribution in [2.75, 3.05) is 17.7 Å². The highest BCUT2D eigenvalue weighted by molar-refractivity contribution is 7.98.